The van der Waals surface area contributed by atoms with Crippen LogP contribution in [0, 0.1) is 12.8 Å². The Morgan fingerprint density at radius 1 is 1.24 bits per heavy atom. The third-order valence-corrected chi connectivity index (χ3v) is 6.51. The predicted molar refractivity (Wildman–Crippen MR) is 97.4 cm³/mol. The lowest BCUT2D eigenvalue weighted by molar-refractivity contribution is 0.0000634. The summed E-state index contributed by atoms with van der Waals surface area (Å²) in [5.41, 5.74) is 1.50. The molecule has 0 N–H and O–H groups in total. The second-order valence-corrected chi connectivity index (χ2v) is 8.38. The Balaban J connectivity index is 1.37. The second kappa shape index (κ2) is 7.37. The van der Waals surface area contributed by atoms with Crippen LogP contribution >= 0.6 is 0 Å². The molecule has 1 spiro atoms. The largest absolute Gasteiger partial charge is 0.380 e. The molecule has 1 aliphatic carbocycles. The van der Waals surface area contributed by atoms with Crippen LogP contribution in [0.3, 0.4) is 0 Å². The van der Waals surface area contributed by atoms with Crippen molar-refractivity contribution in [1.29, 1.82) is 0 Å². The quantitative estimate of drug-likeness (QED) is 0.757. The van der Waals surface area contributed by atoms with Gasteiger partial charge >= 0.3 is 0 Å². The van der Waals surface area contributed by atoms with Crippen LogP contribution in [-0.4, -0.2) is 59.4 Å². The maximum atomic E-state index is 5.82. The lowest BCUT2D eigenvalue weighted by Crippen LogP contribution is -2.55. The first-order valence-electron chi connectivity index (χ1n) is 10.2. The molecule has 5 nitrogen and oxygen atoms in total. The van der Waals surface area contributed by atoms with Crippen LogP contribution in [0.2, 0.25) is 0 Å². The molecule has 1 aromatic rings. The van der Waals surface area contributed by atoms with Crippen molar-refractivity contribution in [2.24, 2.45) is 5.92 Å². The summed E-state index contributed by atoms with van der Waals surface area (Å²) in [7, 11) is 0. The fourth-order valence-electron chi connectivity index (χ4n) is 4.86. The van der Waals surface area contributed by atoms with E-state index in [-0.39, 0.29) is 0 Å². The van der Waals surface area contributed by atoms with Gasteiger partial charge in [-0.2, -0.15) is 0 Å². The molecule has 140 valence electrons. The van der Waals surface area contributed by atoms with Crippen molar-refractivity contribution in [3.05, 3.63) is 17.5 Å². The lowest BCUT2D eigenvalue weighted by Gasteiger charge is -2.46. The van der Waals surface area contributed by atoms with Gasteiger partial charge in [-0.25, -0.2) is 0 Å². The van der Waals surface area contributed by atoms with Crippen LogP contribution in [0.15, 0.2) is 10.6 Å². The first-order chi connectivity index (χ1) is 12.2. The minimum atomic E-state index is 0.431. The van der Waals surface area contributed by atoms with Crippen molar-refractivity contribution in [3.8, 4) is 0 Å². The molecule has 3 heterocycles. The highest BCUT2D eigenvalue weighted by molar-refractivity contribution is 5.07. The Bertz CT molecular complexity index is 561. The van der Waals surface area contributed by atoms with Gasteiger partial charge in [0, 0.05) is 50.4 Å². The van der Waals surface area contributed by atoms with Crippen molar-refractivity contribution < 1.29 is 9.26 Å². The van der Waals surface area contributed by atoms with Gasteiger partial charge < -0.3 is 9.26 Å². The van der Waals surface area contributed by atoms with Crippen LogP contribution in [0.5, 0.6) is 0 Å². The van der Waals surface area contributed by atoms with Gasteiger partial charge in [-0.1, -0.05) is 5.16 Å². The van der Waals surface area contributed by atoms with E-state index in [2.05, 4.69) is 27.9 Å². The van der Waals surface area contributed by atoms with Gasteiger partial charge in [0.2, 0.25) is 0 Å². The van der Waals surface area contributed by atoms with Crippen LogP contribution < -0.4 is 0 Å². The number of rotatable bonds is 7. The predicted octanol–water partition coefficient (Wildman–Crippen LogP) is 3.23. The molecule has 0 bridgehead atoms. The third-order valence-electron chi connectivity index (χ3n) is 6.51. The molecule has 1 aromatic heterocycles. The zero-order chi connectivity index (χ0) is 17.3. The summed E-state index contributed by atoms with van der Waals surface area (Å²) in [6, 6.07) is 2.71. The van der Waals surface area contributed by atoms with Crippen LogP contribution in [0.4, 0.5) is 0 Å². The van der Waals surface area contributed by atoms with E-state index in [1.54, 1.807) is 0 Å². The molecule has 1 saturated carbocycles. The van der Waals surface area contributed by atoms with Gasteiger partial charge in [0.15, 0.2) is 0 Å². The van der Waals surface area contributed by atoms with E-state index in [1.807, 2.05) is 6.92 Å². The average Bonchev–Trinajstić information content (AvgIpc) is 3.26. The fourth-order valence-corrected chi connectivity index (χ4v) is 4.86. The normalized spacial score (nSPS) is 27.4. The molecule has 0 aromatic carbocycles. The number of ether oxygens (including phenoxy) is 1. The Morgan fingerprint density at radius 2 is 2.04 bits per heavy atom. The Kier molecular flexibility index (Phi) is 5.16. The Morgan fingerprint density at radius 3 is 2.68 bits per heavy atom. The second-order valence-electron chi connectivity index (χ2n) is 8.38. The summed E-state index contributed by atoms with van der Waals surface area (Å²) < 4.78 is 11.0. The van der Waals surface area contributed by atoms with Crippen molar-refractivity contribution in [3.63, 3.8) is 0 Å². The number of likely N-dealkylation sites (tertiary alicyclic amines) is 2. The van der Waals surface area contributed by atoms with Crippen molar-refractivity contribution >= 4 is 0 Å². The van der Waals surface area contributed by atoms with Crippen LogP contribution in [-0.2, 0) is 11.3 Å². The van der Waals surface area contributed by atoms with E-state index < -0.39 is 0 Å². The standard InChI is InChI=1S/C20H33N3O2/c1-3-24-15-19-6-7-20(23(19)13-17-4-5-17)8-10-22(11-9-20)14-18-12-16(2)25-21-18/h12,17,19H,3-11,13-15H2,1-2H3/t19-/m1/s1. The molecule has 4 rings (SSSR count). The van der Waals surface area contributed by atoms with Crippen molar-refractivity contribution in [1.82, 2.24) is 15.0 Å². The minimum Gasteiger partial charge on any atom is -0.380 e. The average molecular weight is 348 g/mol. The number of piperidine rings is 1. The molecule has 0 radical (unpaired) electrons. The maximum absolute atomic E-state index is 5.82. The summed E-state index contributed by atoms with van der Waals surface area (Å²) >= 11 is 0. The maximum Gasteiger partial charge on any atom is 0.133 e. The van der Waals surface area contributed by atoms with Gasteiger partial charge in [0.1, 0.15) is 5.76 Å². The summed E-state index contributed by atoms with van der Waals surface area (Å²) in [5, 5.41) is 4.16. The number of aromatic nitrogens is 1. The highest BCUT2D eigenvalue weighted by atomic mass is 16.5. The topological polar surface area (TPSA) is 41.7 Å². The minimum absolute atomic E-state index is 0.431. The van der Waals surface area contributed by atoms with Gasteiger partial charge in [-0.05, 0) is 58.3 Å². The zero-order valence-corrected chi connectivity index (χ0v) is 15.9. The highest BCUT2D eigenvalue weighted by Crippen LogP contribution is 2.44. The molecule has 2 saturated heterocycles. The van der Waals surface area contributed by atoms with E-state index in [0.29, 0.717) is 11.6 Å². The lowest BCUT2D eigenvalue weighted by atomic mass is 9.84. The van der Waals surface area contributed by atoms with Crippen LogP contribution in [0.25, 0.3) is 0 Å². The highest BCUT2D eigenvalue weighted by Gasteiger charge is 2.48. The van der Waals surface area contributed by atoms with Gasteiger partial charge in [0.05, 0.1) is 12.3 Å². The first kappa shape index (κ1) is 17.5. The molecule has 1 atom stereocenters. The Hall–Kier alpha value is -0.910. The van der Waals surface area contributed by atoms with Gasteiger partial charge in [-0.3, -0.25) is 9.80 Å². The molecular weight excluding hydrogens is 314 g/mol. The molecule has 25 heavy (non-hydrogen) atoms. The molecule has 0 amide bonds. The molecule has 3 fully saturated rings. The monoisotopic (exact) mass is 347 g/mol. The molecule has 0 unspecified atom stereocenters. The summed E-state index contributed by atoms with van der Waals surface area (Å²) in [6.45, 7) is 10.4. The van der Waals surface area contributed by atoms with E-state index in [9.17, 15) is 0 Å². The smallest absolute Gasteiger partial charge is 0.133 e. The van der Waals surface area contributed by atoms with E-state index in [4.69, 9.17) is 9.26 Å². The Labute approximate surface area is 151 Å². The molecule has 5 heteroatoms. The van der Waals surface area contributed by atoms with Crippen molar-refractivity contribution in [2.75, 3.05) is 32.8 Å². The number of hydrogen-bond acceptors (Lipinski definition) is 5. The van der Waals surface area contributed by atoms with E-state index in [0.717, 1.165) is 37.1 Å². The summed E-state index contributed by atoms with van der Waals surface area (Å²) in [6.07, 6.45) is 8.12. The van der Waals surface area contributed by atoms with Gasteiger partial charge in [-0.15, -0.1) is 0 Å². The zero-order valence-electron chi connectivity index (χ0n) is 15.9. The van der Waals surface area contributed by atoms with Crippen molar-refractivity contribution in [2.45, 2.75) is 70.5 Å². The molecular formula is C20H33N3O2. The SMILES string of the molecule is CCOC[C@H]1CCC2(CCN(Cc3cc(C)on3)CC2)N1CC1CC1. The van der Waals surface area contributed by atoms with Gasteiger partial charge in [0.25, 0.3) is 0 Å². The number of aryl methyl sites for hydroxylation is 1. The first-order valence-corrected chi connectivity index (χ1v) is 10.2. The molecule has 3 aliphatic rings. The fraction of sp³-hybridized carbons (Fsp3) is 0.850. The van der Waals surface area contributed by atoms with E-state index in [1.165, 1.54) is 58.2 Å². The number of nitrogens with zero attached hydrogens (tertiary/aromatic N) is 3. The molecule has 2 aliphatic heterocycles. The summed E-state index contributed by atoms with van der Waals surface area (Å²) in [4.78, 5) is 5.42. The number of hydrogen-bond donors (Lipinski definition) is 0. The van der Waals surface area contributed by atoms with E-state index >= 15 is 0 Å². The summed E-state index contributed by atoms with van der Waals surface area (Å²) in [5.74, 6) is 1.86. The van der Waals surface area contributed by atoms with Crippen LogP contribution in [0.1, 0.15) is 56.9 Å². The third kappa shape index (κ3) is 3.93.